The second-order valence-electron chi connectivity index (χ2n) is 5.96. The van der Waals surface area contributed by atoms with E-state index in [0.29, 0.717) is 18.7 Å². The van der Waals surface area contributed by atoms with Gasteiger partial charge in [0.15, 0.2) is 0 Å². The SMILES string of the molecule is CN(C)CCNC(=O)c1ccc(CNC(=O)c2ccccc2O)cc1. The van der Waals surface area contributed by atoms with E-state index in [-0.39, 0.29) is 23.1 Å². The zero-order chi connectivity index (χ0) is 18.2. The average molecular weight is 341 g/mol. The van der Waals surface area contributed by atoms with Crippen molar-refractivity contribution in [2.24, 2.45) is 0 Å². The highest BCUT2D eigenvalue weighted by Crippen LogP contribution is 2.15. The van der Waals surface area contributed by atoms with Gasteiger partial charge in [-0.25, -0.2) is 0 Å². The first-order chi connectivity index (χ1) is 12.0. The molecule has 0 unspecified atom stereocenters. The molecule has 0 heterocycles. The topological polar surface area (TPSA) is 81.7 Å². The number of hydrogen-bond donors (Lipinski definition) is 3. The van der Waals surface area contributed by atoms with E-state index >= 15 is 0 Å². The van der Waals surface area contributed by atoms with Gasteiger partial charge in [-0.2, -0.15) is 0 Å². The van der Waals surface area contributed by atoms with Gasteiger partial charge in [-0.1, -0.05) is 24.3 Å². The fraction of sp³-hybridized carbons (Fsp3) is 0.263. The molecule has 0 saturated heterocycles. The first-order valence-corrected chi connectivity index (χ1v) is 8.05. The molecule has 6 nitrogen and oxygen atoms in total. The smallest absolute Gasteiger partial charge is 0.255 e. The Kier molecular flexibility index (Phi) is 6.54. The van der Waals surface area contributed by atoms with Crippen molar-refractivity contribution >= 4 is 11.8 Å². The highest BCUT2D eigenvalue weighted by molar-refractivity contribution is 5.96. The van der Waals surface area contributed by atoms with Crippen LogP contribution in [0.4, 0.5) is 0 Å². The van der Waals surface area contributed by atoms with E-state index in [2.05, 4.69) is 10.6 Å². The third-order valence-electron chi connectivity index (χ3n) is 3.66. The number of phenolic OH excluding ortho intramolecular Hbond substituents is 1. The largest absolute Gasteiger partial charge is 0.507 e. The van der Waals surface area contributed by atoms with Crippen molar-refractivity contribution in [1.82, 2.24) is 15.5 Å². The summed E-state index contributed by atoms with van der Waals surface area (Å²) in [4.78, 5) is 26.0. The maximum Gasteiger partial charge on any atom is 0.255 e. The van der Waals surface area contributed by atoms with Crippen molar-refractivity contribution in [3.8, 4) is 5.75 Å². The predicted octanol–water partition coefficient (Wildman–Crippen LogP) is 1.61. The van der Waals surface area contributed by atoms with Crippen LogP contribution in [0, 0.1) is 0 Å². The van der Waals surface area contributed by atoms with Gasteiger partial charge in [0.2, 0.25) is 0 Å². The van der Waals surface area contributed by atoms with E-state index in [0.717, 1.165) is 12.1 Å². The van der Waals surface area contributed by atoms with Gasteiger partial charge in [0.1, 0.15) is 5.75 Å². The minimum atomic E-state index is -0.344. The number of hydrogen-bond acceptors (Lipinski definition) is 4. The zero-order valence-electron chi connectivity index (χ0n) is 14.5. The summed E-state index contributed by atoms with van der Waals surface area (Å²) in [5.74, 6) is -0.514. The Morgan fingerprint density at radius 2 is 1.64 bits per heavy atom. The van der Waals surface area contributed by atoms with E-state index in [4.69, 9.17) is 0 Å². The lowest BCUT2D eigenvalue weighted by molar-refractivity contribution is 0.0940. The lowest BCUT2D eigenvalue weighted by Gasteiger charge is -2.11. The number of carbonyl (C=O) groups excluding carboxylic acids is 2. The number of para-hydroxylation sites is 1. The zero-order valence-corrected chi connectivity index (χ0v) is 14.5. The molecule has 0 atom stereocenters. The maximum absolute atomic E-state index is 12.0. The van der Waals surface area contributed by atoms with Crippen LogP contribution in [0.25, 0.3) is 0 Å². The summed E-state index contributed by atoms with van der Waals surface area (Å²) < 4.78 is 0. The number of phenols is 1. The Morgan fingerprint density at radius 3 is 2.28 bits per heavy atom. The van der Waals surface area contributed by atoms with Gasteiger partial charge >= 0.3 is 0 Å². The van der Waals surface area contributed by atoms with E-state index in [1.807, 2.05) is 19.0 Å². The molecular formula is C19H23N3O3. The number of nitrogens with zero attached hydrogens (tertiary/aromatic N) is 1. The van der Waals surface area contributed by atoms with Crippen molar-refractivity contribution in [3.63, 3.8) is 0 Å². The summed E-state index contributed by atoms with van der Waals surface area (Å²) in [7, 11) is 3.90. The van der Waals surface area contributed by atoms with E-state index in [1.165, 1.54) is 6.07 Å². The number of likely N-dealkylation sites (N-methyl/N-ethyl adjacent to an activating group) is 1. The molecule has 0 bridgehead atoms. The molecule has 0 fully saturated rings. The van der Waals surface area contributed by atoms with Crippen LogP contribution in [0.15, 0.2) is 48.5 Å². The highest BCUT2D eigenvalue weighted by atomic mass is 16.3. The van der Waals surface area contributed by atoms with Gasteiger partial charge in [0.25, 0.3) is 11.8 Å². The average Bonchev–Trinajstić information content (AvgIpc) is 2.60. The van der Waals surface area contributed by atoms with Gasteiger partial charge in [-0.15, -0.1) is 0 Å². The molecule has 0 aliphatic heterocycles. The molecule has 0 aliphatic carbocycles. The highest BCUT2D eigenvalue weighted by Gasteiger charge is 2.10. The van der Waals surface area contributed by atoms with Crippen molar-refractivity contribution in [2.75, 3.05) is 27.2 Å². The van der Waals surface area contributed by atoms with Gasteiger partial charge in [0, 0.05) is 25.2 Å². The fourth-order valence-electron chi connectivity index (χ4n) is 2.21. The summed E-state index contributed by atoms with van der Waals surface area (Å²) in [5, 5.41) is 15.3. The van der Waals surface area contributed by atoms with Crippen LogP contribution in [-0.2, 0) is 6.54 Å². The molecule has 0 aromatic heterocycles. The van der Waals surface area contributed by atoms with E-state index in [1.54, 1.807) is 42.5 Å². The summed E-state index contributed by atoms with van der Waals surface area (Å²) in [6.07, 6.45) is 0. The first kappa shape index (κ1) is 18.5. The van der Waals surface area contributed by atoms with Crippen molar-refractivity contribution in [3.05, 3.63) is 65.2 Å². The van der Waals surface area contributed by atoms with Crippen LogP contribution < -0.4 is 10.6 Å². The molecule has 2 rings (SSSR count). The minimum Gasteiger partial charge on any atom is -0.507 e. The molecule has 0 radical (unpaired) electrons. The van der Waals surface area contributed by atoms with Gasteiger partial charge in [-0.3, -0.25) is 9.59 Å². The fourth-order valence-corrected chi connectivity index (χ4v) is 2.21. The molecule has 2 amide bonds. The van der Waals surface area contributed by atoms with Crippen LogP contribution >= 0.6 is 0 Å². The summed E-state index contributed by atoms with van der Waals surface area (Å²) in [6.45, 7) is 1.68. The Balaban J connectivity index is 1.87. The van der Waals surface area contributed by atoms with Crippen LogP contribution in [-0.4, -0.2) is 49.0 Å². The molecule has 0 spiro atoms. The lowest BCUT2D eigenvalue weighted by atomic mass is 10.1. The summed E-state index contributed by atoms with van der Waals surface area (Å²) in [5.41, 5.74) is 1.68. The normalized spacial score (nSPS) is 10.5. The first-order valence-electron chi connectivity index (χ1n) is 8.05. The van der Waals surface area contributed by atoms with E-state index < -0.39 is 0 Å². The second kappa shape index (κ2) is 8.84. The Labute approximate surface area is 147 Å². The number of aromatic hydroxyl groups is 1. The van der Waals surface area contributed by atoms with Crippen molar-refractivity contribution in [1.29, 1.82) is 0 Å². The summed E-state index contributed by atoms with van der Waals surface area (Å²) >= 11 is 0. The quantitative estimate of drug-likeness (QED) is 0.715. The molecule has 132 valence electrons. The van der Waals surface area contributed by atoms with Crippen LogP contribution in [0.2, 0.25) is 0 Å². The number of nitrogens with one attached hydrogen (secondary N) is 2. The monoisotopic (exact) mass is 341 g/mol. The van der Waals surface area contributed by atoms with E-state index in [9.17, 15) is 14.7 Å². The van der Waals surface area contributed by atoms with Crippen LogP contribution in [0.5, 0.6) is 5.75 Å². The van der Waals surface area contributed by atoms with Crippen LogP contribution in [0.3, 0.4) is 0 Å². The third kappa shape index (κ3) is 5.61. The van der Waals surface area contributed by atoms with Crippen LogP contribution in [0.1, 0.15) is 26.3 Å². The molecule has 25 heavy (non-hydrogen) atoms. The minimum absolute atomic E-state index is 0.0512. The Bertz CT molecular complexity index is 727. The molecule has 0 saturated carbocycles. The van der Waals surface area contributed by atoms with Gasteiger partial charge < -0.3 is 20.6 Å². The molecule has 2 aromatic rings. The third-order valence-corrected chi connectivity index (χ3v) is 3.66. The lowest BCUT2D eigenvalue weighted by Crippen LogP contribution is -2.31. The maximum atomic E-state index is 12.0. The number of benzene rings is 2. The number of carbonyl (C=O) groups is 2. The number of amides is 2. The van der Waals surface area contributed by atoms with Gasteiger partial charge in [-0.05, 0) is 43.9 Å². The Morgan fingerprint density at radius 1 is 0.960 bits per heavy atom. The molecular weight excluding hydrogens is 318 g/mol. The summed E-state index contributed by atoms with van der Waals surface area (Å²) in [6, 6.07) is 13.4. The molecule has 3 N–H and O–H groups in total. The van der Waals surface area contributed by atoms with Gasteiger partial charge in [0.05, 0.1) is 5.56 Å². The standard InChI is InChI=1S/C19H23N3O3/c1-22(2)12-11-20-18(24)15-9-7-14(8-10-15)13-21-19(25)16-5-3-4-6-17(16)23/h3-10,23H,11-13H2,1-2H3,(H,20,24)(H,21,25). The second-order valence-corrected chi connectivity index (χ2v) is 5.96. The molecule has 0 aliphatic rings. The number of rotatable bonds is 7. The molecule has 2 aromatic carbocycles. The van der Waals surface area contributed by atoms with Crippen molar-refractivity contribution in [2.45, 2.75) is 6.54 Å². The Hall–Kier alpha value is -2.86. The molecule has 6 heteroatoms. The van der Waals surface area contributed by atoms with Crippen molar-refractivity contribution < 1.29 is 14.7 Å². The predicted molar refractivity (Wildman–Crippen MR) is 96.6 cm³/mol.